The summed E-state index contributed by atoms with van der Waals surface area (Å²) in [5.74, 6) is 1.29. The molecule has 6 N–H and O–H groups in total. The van der Waals surface area contributed by atoms with Gasteiger partial charge in [-0.25, -0.2) is 0 Å². The predicted molar refractivity (Wildman–Crippen MR) is 167 cm³/mol. The molecule has 0 amide bonds. The van der Waals surface area contributed by atoms with Gasteiger partial charge in [0.2, 0.25) is 0 Å². The minimum Gasteiger partial charge on any atom is -0.494 e. The van der Waals surface area contributed by atoms with Crippen LogP contribution in [0.15, 0.2) is 84.0 Å². The van der Waals surface area contributed by atoms with Gasteiger partial charge in [-0.3, -0.25) is 15.8 Å². The summed E-state index contributed by atoms with van der Waals surface area (Å²) in [5, 5.41) is 23.3. The standard InChI is InChI=1S/C33H40N7O.U/c1-21(27-13-4-5-15-38-27)24-17-25(18-24)40-16-8-11-23(20-40)26-12-7-14-28(33(26)41-3)39-29(19-30(34)35)31(36)32(37-2)22-9-6-10-22;/h4-5,7-8,11-15,19-21,24-25,36-37,39H,1,6,9-10,16-18H2,2-3H3,(H3,34,35);/q-1;/b29-19+,36-31?;. The summed E-state index contributed by atoms with van der Waals surface area (Å²) in [5.41, 5.74) is 12.3. The van der Waals surface area contributed by atoms with Crippen LogP contribution in [-0.4, -0.2) is 48.2 Å². The van der Waals surface area contributed by atoms with Crippen molar-refractivity contribution in [2.75, 3.05) is 26.0 Å². The second-order valence-corrected chi connectivity index (χ2v) is 10.9. The van der Waals surface area contributed by atoms with E-state index in [1.54, 1.807) is 7.11 Å². The van der Waals surface area contributed by atoms with E-state index in [1.165, 1.54) is 11.6 Å². The number of pyridine rings is 1. The summed E-state index contributed by atoms with van der Waals surface area (Å²) in [7, 11) is 3.49. The van der Waals surface area contributed by atoms with Crippen LogP contribution in [0.2, 0.25) is 0 Å². The molecule has 2 fully saturated rings. The van der Waals surface area contributed by atoms with Crippen molar-refractivity contribution in [1.82, 2.24) is 15.2 Å². The molecule has 0 spiro atoms. The number of allylic oxidation sites excluding steroid dienone is 3. The largest absolute Gasteiger partial charge is 0.494 e. The van der Waals surface area contributed by atoms with Crippen LogP contribution in [0.5, 0.6) is 5.75 Å². The molecular formula is C33H40N7OU-. The molecule has 2 aliphatic carbocycles. The summed E-state index contributed by atoms with van der Waals surface area (Å²) in [4.78, 5) is 6.93. The third-order valence-electron chi connectivity index (χ3n) is 8.35. The van der Waals surface area contributed by atoms with Gasteiger partial charge in [-0.1, -0.05) is 36.3 Å². The molecule has 0 saturated heterocycles. The zero-order chi connectivity index (χ0) is 28.9. The first kappa shape index (κ1) is 31.7. The monoisotopic (exact) mass is 788 g/mol. The molecule has 1 aromatic carbocycles. The van der Waals surface area contributed by atoms with E-state index in [0.717, 1.165) is 61.2 Å². The molecule has 8 nitrogen and oxygen atoms in total. The van der Waals surface area contributed by atoms with E-state index in [0.29, 0.717) is 29.1 Å². The van der Waals surface area contributed by atoms with Crippen LogP contribution in [0.1, 0.15) is 49.3 Å². The Morgan fingerprint density at radius 2 is 1.98 bits per heavy atom. The number of nitrogens with zero attached hydrogens (tertiary/aromatic N) is 2. The van der Waals surface area contributed by atoms with E-state index in [4.69, 9.17) is 21.3 Å². The molecule has 3 aliphatic rings. The second-order valence-electron chi connectivity index (χ2n) is 10.9. The molecule has 1 unspecified atom stereocenters. The molecule has 2 heterocycles. The van der Waals surface area contributed by atoms with Crippen molar-refractivity contribution in [2.45, 2.75) is 44.1 Å². The Morgan fingerprint density at radius 3 is 2.60 bits per heavy atom. The van der Waals surface area contributed by atoms with E-state index in [-0.39, 0.29) is 48.6 Å². The smallest absolute Gasteiger partial charge is 0.150 e. The van der Waals surface area contributed by atoms with Crippen molar-refractivity contribution < 1.29 is 35.9 Å². The zero-order valence-electron chi connectivity index (χ0n) is 24.4. The van der Waals surface area contributed by atoms with Gasteiger partial charge in [0.15, 0.2) is 0 Å². The molecule has 42 heavy (non-hydrogen) atoms. The summed E-state index contributed by atoms with van der Waals surface area (Å²) in [6, 6.07) is 12.5. The zero-order valence-corrected chi connectivity index (χ0v) is 28.6. The first-order valence-corrected chi connectivity index (χ1v) is 14.3. The Hall–Kier alpha value is -3.28. The number of hydrogen-bond donors (Lipinski definition) is 5. The number of methoxy groups -OCH3 is 1. The Bertz CT molecular complexity index is 1420. The molecule has 9 heteroatoms. The van der Waals surface area contributed by atoms with Crippen LogP contribution in [0, 0.1) is 54.8 Å². The number of rotatable bonds is 11. The summed E-state index contributed by atoms with van der Waals surface area (Å²) >= 11 is 0. The van der Waals surface area contributed by atoms with Gasteiger partial charge in [0, 0.05) is 86.1 Å². The SMILES string of the molecule is [CH2-]C(c1ccccn1)C1CC(N2C=C(c3cccc(N/C(=C/C(=N)N)C(=N)C(NC)=C4CCC4)c3OC)C=CC2)C1.[U]. The molecule has 5 rings (SSSR count). The van der Waals surface area contributed by atoms with Gasteiger partial charge < -0.3 is 32.9 Å². The Balaban J connectivity index is 0.00000405. The van der Waals surface area contributed by atoms with Gasteiger partial charge in [0.25, 0.3) is 0 Å². The number of hydrogen-bond acceptors (Lipinski definition) is 7. The average molecular weight is 789 g/mol. The van der Waals surface area contributed by atoms with E-state index in [9.17, 15) is 0 Å². The Labute approximate surface area is 273 Å². The maximum absolute atomic E-state index is 8.91. The Kier molecular flexibility index (Phi) is 10.7. The second kappa shape index (κ2) is 14.3. The van der Waals surface area contributed by atoms with Gasteiger partial charge in [0.05, 0.1) is 24.2 Å². The van der Waals surface area contributed by atoms with Crippen LogP contribution in [0.4, 0.5) is 5.69 Å². The third kappa shape index (κ3) is 6.85. The number of benzene rings is 1. The van der Waals surface area contributed by atoms with Crippen LogP contribution < -0.4 is 21.1 Å². The van der Waals surface area contributed by atoms with Gasteiger partial charge >= 0.3 is 0 Å². The minimum absolute atomic E-state index is 0. The fourth-order valence-electron chi connectivity index (χ4n) is 5.83. The van der Waals surface area contributed by atoms with Crippen LogP contribution in [0.25, 0.3) is 5.57 Å². The number of ether oxygens (including phenoxy) is 1. The van der Waals surface area contributed by atoms with Crippen LogP contribution in [0.3, 0.4) is 0 Å². The van der Waals surface area contributed by atoms with Crippen molar-refractivity contribution in [3.63, 3.8) is 0 Å². The molecule has 1 atom stereocenters. The van der Waals surface area contributed by atoms with Gasteiger partial charge in [-0.15, -0.1) is 5.92 Å². The normalized spacial score (nSPS) is 20.3. The van der Waals surface area contributed by atoms with E-state index >= 15 is 0 Å². The van der Waals surface area contributed by atoms with E-state index in [2.05, 4.69) is 57.9 Å². The van der Waals surface area contributed by atoms with Crippen molar-refractivity contribution in [3.8, 4) is 5.75 Å². The summed E-state index contributed by atoms with van der Waals surface area (Å²) in [6.07, 6.45) is 15.2. The van der Waals surface area contributed by atoms with E-state index < -0.39 is 0 Å². The predicted octanol–water partition coefficient (Wildman–Crippen LogP) is 5.61. The number of nitrogens with one attached hydrogen (secondary N) is 4. The van der Waals surface area contributed by atoms with Crippen LogP contribution in [-0.2, 0) is 0 Å². The number of anilines is 1. The number of para-hydroxylation sites is 1. The van der Waals surface area contributed by atoms with Crippen molar-refractivity contribution >= 4 is 22.8 Å². The van der Waals surface area contributed by atoms with Gasteiger partial charge in [-0.05, 0) is 55.9 Å². The maximum atomic E-state index is 8.91. The Morgan fingerprint density at radius 1 is 1.19 bits per heavy atom. The maximum Gasteiger partial charge on any atom is 0.150 e. The van der Waals surface area contributed by atoms with Gasteiger partial charge in [-0.2, -0.15) is 0 Å². The number of aromatic nitrogens is 1. The van der Waals surface area contributed by atoms with Crippen LogP contribution >= 0.6 is 0 Å². The fraction of sp³-hybridized carbons (Fsp3) is 0.333. The van der Waals surface area contributed by atoms with Gasteiger partial charge in [0.1, 0.15) is 17.3 Å². The minimum atomic E-state index is -0.124. The van der Waals surface area contributed by atoms with Crippen molar-refractivity contribution in [2.24, 2.45) is 11.7 Å². The molecule has 0 radical (unpaired) electrons. The molecule has 1 aliphatic heterocycles. The average Bonchev–Trinajstić information content (AvgIpc) is 2.93. The number of amidine groups is 1. The number of nitrogens with two attached hydrogens (primary N) is 1. The molecule has 2 aromatic rings. The summed E-state index contributed by atoms with van der Waals surface area (Å²) < 4.78 is 5.93. The van der Waals surface area contributed by atoms with E-state index in [1.807, 2.05) is 37.5 Å². The quantitative estimate of drug-likeness (QED) is 0.115. The first-order valence-electron chi connectivity index (χ1n) is 14.3. The molecule has 2 saturated carbocycles. The third-order valence-corrected chi connectivity index (χ3v) is 8.35. The molecular weight excluding hydrogens is 748 g/mol. The molecule has 0 bridgehead atoms. The molecule has 218 valence electrons. The molecule has 1 aromatic heterocycles. The fourth-order valence-corrected chi connectivity index (χ4v) is 5.83. The topological polar surface area (TPSA) is 123 Å². The van der Waals surface area contributed by atoms with Crippen molar-refractivity contribution in [3.05, 3.63) is 102 Å². The van der Waals surface area contributed by atoms with Crippen molar-refractivity contribution in [1.29, 1.82) is 10.8 Å². The first-order chi connectivity index (χ1) is 19.9. The summed E-state index contributed by atoms with van der Waals surface area (Å²) in [6.45, 7) is 5.28.